The van der Waals surface area contributed by atoms with Gasteiger partial charge in [0.2, 0.25) is 0 Å². The highest BCUT2D eigenvalue weighted by Gasteiger charge is 2.44. The maximum Gasteiger partial charge on any atom is 0.410 e. The van der Waals surface area contributed by atoms with Crippen LogP contribution in [0.25, 0.3) is 0 Å². The van der Waals surface area contributed by atoms with E-state index < -0.39 is 11.0 Å². The summed E-state index contributed by atoms with van der Waals surface area (Å²) in [5.74, 6) is -0.252. The molecule has 33 heavy (non-hydrogen) atoms. The normalized spacial score (nSPS) is 15.5. The van der Waals surface area contributed by atoms with E-state index in [1.54, 1.807) is 4.90 Å². The summed E-state index contributed by atoms with van der Waals surface area (Å²) >= 11 is 0. The lowest BCUT2D eigenvalue weighted by Gasteiger charge is -2.39. The average Bonchev–Trinajstić information content (AvgIpc) is 2.80. The van der Waals surface area contributed by atoms with Crippen molar-refractivity contribution in [2.24, 2.45) is 10.4 Å². The average molecular weight is 451 g/mol. The van der Waals surface area contributed by atoms with Crippen LogP contribution in [-0.2, 0) is 14.3 Å². The van der Waals surface area contributed by atoms with Gasteiger partial charge in [-0.15, -0.1) is 0 Å². The van der Waals surface area contributed by atoms with E-state index in [-0.39, 0.29) is 12.1 Å². The monoisotopic (exact) mass is 450 g/mol. The SMILES string of the molecule is CCOC(=O)C1(CN=C(c2ccccc2)c2ccccc2)CCN(C(=O)OC(C)(C)C)CC1. The van der Waals surface area contributed by atoms with Gasteiger partial charge in [0, 0.05) is 24.2 Å². The molecule has 0 radical (unpaired) electrons. The number of ether oxygens (including phenoxy) is 2. The number of aliphatic imine (C=N–C) groups is 1. The molecule has 1 aliphatic heterocycles. The predicted molar refractivity (Wildman–Crippen MR) is 129 cm³/mol. The summed E-state index contributed by atoms with van der Waals surface area (Å²) < 4.78 is 11.0. The molecule has 0 atom stereocenters. The lowest BCUT2D eigenvalue weighted by molar-refractivity contribution is -0.157. The number of rotatable bonds is 6. The maximum absolute atomic E-state index is 13.1. The zero-order valence-corrected chi connectivity index (χ0v) is 20.0. The lowest BCUT2D eigenvalue weighted by Crippen LogP contribution is -2.49. The molecule has 0 bridgehead atoms. The molecule has 0 N–H and O–H groups in total. The van der Waals surface area contributed by atoms with Crippen LogP contribution >= 0.6 is 0 Å². The van der Waals surface area contributed by atoms with Crippen molar-refractivity contribution in [1.82, 2.24) is 4.90 Å². The maximum atomic E-state index is 13.1. The van der Waals surface area contributed by atoms with E-state index in [1.807, 2.05) is 88.4 Å². The summed E-state index contributed by atoms with van der Waals surface area (Å²) in [5.41, 5.74) is 1.50. The minimum atomic E-state index is -0.774. The smallest absolute Gasteiger partial charge is 0.410 e. The molecular weight excluding hydrogens is 416 g/mol. The first kappa shape index (κ1) is 24.5. The molecule has 0 spiro atoms. The Morgan fingerprint density at radius 2 is 1.45 bits per heavy atom. The van der Waals surface area contributed by atoms with Gasteiger partial charge < -0.3 is 14.4 Å². The van der Waals surface area contributed by atoms with Crippen molar-refractivity contribution in [2.45, 2.75) is 46.1 Å². The second-order valence-electron chi connectivity index (χ2n) is 9.37. The summed E-state index contributed by atoms with van der Waals surface area (Å²) in [5, 5.41) is 0. The minimum absolute atomic E-state index is 0.252. The van der Waals surface area contributed by atoms with Crippen molar-refractivity contribution in [1.29, 1.82) is 0 Å². The van der Waals surface area contributed by atoms with E-state index in [4.69, 9.17) is 14.5 Å². The molecule has 2 aromatic carbocycles. The van der Waals surface area contributed by atoms with E-state index in [0.29, 0.717) is 39.1 Å². The van der Waals surface area contributed by atoms with Gasteiger partial charge in [-0.2, -0.15) is 0 Å². The fourth-order valence-corrected chi connectivity index (χ4v) is 3.93. The molecule has 1 saturated heterocycles. The van der Waals surface area contributed by atoms with Crippen LogP contribution in [0.4, 0.5) is 4.79 Å². The molecule has 0 saturated carbocycles. The highest BCUT2D eigenvalue weighted by Crippen LogP contribution is 2.34. The molecule has 3 rings (SSSR count). The number of amides is 1. The van der Waals surface area contributed by atoms with Gasteiger partial charge in [0.25, 0.3) is 0 Å². The van der Waals surface area contributed by atoms with Gasteiger partial charge in [-0.25, -0.2) is 4.79 Å². The highest BCUT2D eigenvalue weighted by molar-refractivity contribution is 6.13. The third-order valence-electron chi connectivity index (χ3n) is 5.71. The molecule has 1 amide bonds. The Kier molecular flexibility index (Phi) is 7.90. The highest BCUT2D eigenvalue weighted by atomic mass is 16.6. The van der Waals surface area contributed by atoms with Crippen LogP contribution in [0.1, 0.15) is 51.7 Å². The predicted octanol–water partition coefficient (Wildman–Crippen LogP) is 5.10. The number of carbonyl (C=O) groups excluding carboxylic acids is 2. The Morgan fingerprint density at radius 1 is 0.939 bits per heavy atom. The number of likely N-dealkylation sites (tertiary alicyclic amines) is 1. The number of hydrogen-bond acceptors (Lipinski definition) is 5. The quantitative estimate of drug-likeness (QED) is 0.453. The van der Waals surface area contributed by atoms with Crippen LogP contribution in [-0.4, -0.2) is 54.5 Å². The van der Waals surface area contributed by atoms with Gasteiger partial charge in [0.1, 0.15) is 5.60 Å². The number of hydrogen-bond donors (Lipinski definition) is 0. The molecule has 6 nitrogen and oxygen atoms in total. The second-order valence-corrected chi connectivity index (χ2v) is 9.37. The van der Waals surface area contributed by atoms with Gasteiger partial charge in [-0.1, -0.05) is 60.7 Å². The molecule has 6 heteroatoms. The summed E-state index contributed by atoms with van der Waals surface area (Å²) in [6.45, 7) is 8.81. The fourth-order valence-electron chi connectivity index (χ4n) is 3.93. The summed E-state index contributed by atoms with van der Waals surface area (Å²) in [6.07, 6.45) is 0.606. The van der Waals surface area contributed by atoms with E-state index >= 15 is 0 Å². The molecule has 0 unspecified atom stereocenters. The van der Waals surface area contributed by atoms with E-state index in [9.17, 15) is 9.59 Å². The molecule has 1 aliphatic rings. The van der Waals surface area contributed by atoms with Gasteiger partial charge >= 0.3 is 12.1 Å². The summed E-state index contributed by atoms with van der Waals surface area (Å²) in [6, 6.07) is 20.0. The first-order valence-electron chi connectivity index (χ1n) is 11.5. The fraction of sp³-hybridized carbons (Fsp3) is 0.444. The Bertz CT molecular complexity index is 915. The van der Waals surface area contributed by atoms with Crippen molar-refractivity contribution < 1.29 is 19.1 Å². The molecule has 1 fully saturated rings. The minimum Gasteiger partial charge on any atom is -0.466 e. The third kappa shape index (κ3) is 6.44. The molecule has 0 aromatic heterocycles. The van der Waals surface area contributed by atoms with Crippen LogP contribution in [0, 0.1) is 5.41 Å². The van der Waals surface area contributed by atoms with Crippen molar-refractivity contribution in [2.75, 3.05) is 26.2 Å². The van der Waals surface area contributed by atoms with Crippen molar-refractivity contribution >= 4 is 17.8 Å². The Morgan fingerprint density at radius 3 is 1.91 bits per heavy atom. The number of nitrogens with zero attached hydrogens (tertiary/aromatic N) is 2. The number of carbonyl (C=O) groups is 2. The Labute approximate surface area is 196 Å². The van der Waals surface area contributed by atoms with Crippen LogP contribution in [0.3, 0.4) is 0 Å². The first-order chi connectivity index (χ1) is 15.7. The standard InChI is InChI=1S/C27H34N2O4/c1-5-32-24(30)27(16-18-29(19-17-27)25(31)33-26(2,3)4)20-28-23(21-12-8-6-9-13-21)22-14-10-7-11-15-22/h6-15H,5,16-20H2,1-4H3. The van der Waals surface area contributed by atoms with Gasteiger partial charge in [0.05, 0.1) is 24.3 Å². The molecule has 1 heterocycles. The molecule has 0 aliphatic carbocycles. The Balaban J connectivity index is 1.86. The van der Waals surface area contributed by atoms with Crippen LogP contribution < -0.4 is 0 Å². The zero-order valence-electron chi connectivity index (χ0n) is 20.0. The van der Waals surface area contributed by atoms with Crippen molar-refractivity contribution in [3.05, 3.63) is 71.8 Å². The van der Waals surface area contributed by atoms with Crippen molar-refractivity contribution in [3.8, 4) is 0 Å². The van der Waals surface area contributed by atoms with Gasteiger partial charge in [-0.3, -0.25) is 9.79 Å². The molecule has 176 valence electrons. The topological polar surface area (TPSA) is 68.2 Å². The third-order valence-corrected chi connectivity index (χ3v) is 5.71. The largest absolute Gasteiger partial charge is 0.466 e. The van der Waals surface area contributed by atoms with E-state index in [0.717, 1.165) is 16.8 Å². The lowest BCUT2D eigenvalue weighted by atomic mass is 9.78. The van der Waals surface area contributed by atoms with Crippen LogP contribution in [0.2, 0.25) is 0 Å². The van der Waals surface area contributed by atoms with Crippen LogP contribution in [0.5, 0.6) is 0 Å². The second kappa shape index (κ2) is 10.6. The molecular formula is C27H34N2O4. The number of piperidine rings is 1. The number of benzene rings is 2. The Hall–Kier alpha value is -3.15. The van der Waals surface area contributed by atoms with Crippen LogP contribution in [0.15, 0.2) is 65.7 Å². The summed E-state index contributed by atoms with van der Waals surface area (Å²) in [4.78, 5) is 32.2. The van der Waals surface area contributed by atoms with E-state index in [2.05, 4.69) is 0 Å². The molecule has 2 aromatic rings. The first-order valence-corrected chi connectivity index (χ1v) is 11.5. The van der Waals surface area contributed by atoms with Gasteiger partial charge in [0.15, 0.2) is 0 Å². The summed E-state index contributed by atoms with van der Waals surface area (Å²) in [7, 11) is 0. The van der Waals surface area contributed by atoms with Crippen molar-refractivity contribution in [3.63, 3.8) is 0 Å². The van der Waals surface area contributed by atoms with Gasteiger partial charge in [-0.05, 0) is 40.5 Å². The number of esters is 1. The van der Waals surface area contributed by atoms with E-state index in [1.165, 1.54) is 0 Å². The zero-order chi connectivity index (χ0) is 23.9.